The van der Waals surface area contributed by atoms with Crippen LogP contribution in [0.5, 0.6) is 0 Å². The highest BCUT2D eigenvalue weighted by atomic mass is 79.9. The summed E-state index contributed by atoms with van der Waals surface area (Å²) < 4.78 is 8.10. The molecule has 0 spiro atoms. The highest BCUT2D eigenvalue weighted by molar-refractivity contribution is 9.28. The molecule has 0 N–H and O–H groups in total. The molecular weight excluding hydrogens is 480 g/mol. The summed E-state index contributed by atoms with van der Waals surface area (Å²) in [5.41, 5.74) is 0. The molecule has 0 saturated heterocycles. The van der Waals surface area contributed by atoms with Crippen LogP contribution in [0.25, 0.3) is 0 Å². The Morgan fingerprint density at radius 1 is 0.963 bits per heavy atom. The SMILES string of the molecule is CC(CCCC=C(Br)Br)O[Si](c1ccccc1)(c1ccccc1)C(C)(C)C. The lowest BCUT2D eigenvalue weighted by Gasteiger charge is -2.44. The van der Waals surface area contributed by atoms with Crippen molar-refractivity contribution in [3.8, 4) is 0 Å². The quantitative estimate of drug-likeness (QED) is 0.282. The van der Waals surface area contributed by atoms with E-state index < -0.39 is 8.32 Å². The summed E-state index contributed by atoms with van der Waals surface area (Å²) in [5.74, 6) is 0. The molecule has 0 amide bonds. The standard InChI is InChI=1S/C23H30Br2OSi/c1-19(13-11-12-18-22(24)25)26-27(23(2,3)4,20-14-7-5-8-15-20)21-16-9-6-10-17-21/h5-10,14-19H,11-13H2,1-4H3. The predicted octanol–water partition coefficient (Wildman–Crippen LogP) is 6.75. The molecule has 0 bridgehead atoms. The van der Waals surface area contributed by atoms with Gasteiger partial charge in [0.2, 0.25) is 0 Å². The lowest BCUT2D eigenvalue weighted by molar-refractivity contribution is 0.194. The average molecular weight is 510 g/mol. The van der Waals surface area contributed by atoms with Crippen LogP contribution in [0.15, 0.2) is 70.1 Å². The summed E-state index contributed by atoms with van der Waals surface area (Å²) in [6, 6.07) is 21.7. The number of allylic oxidation sites excluding steroid dienone is 1. The van der Waals surface area contributed by atoms with Gasteiger partial charge in [0.1, 0.15) is 0 Å². The van der Waals surface area contributed by atoms with Gasteiger partial charge in [0, 0.05) is 6.10 Å². The molecule has 0 heterocycles. The highest BCUT2D eigenvalue weighted by Crippen LogP contribution is 2.37. The van der Waals surface area contributed by atoms with Gasteiger partial charge in [-0.1, -0.05) is 87.5 Å². The number of hydrogen-bond acceptors (Lipinski definition) is 1. The van der Waals surface area contributed by atoms with Crippen LogP contribution in [0, 0.1) is 0 Å². The Morgan fingerprint density at radius 3 is 1.85 bits per heavy atom. The zero-order chi connectivity index (χ0) is 19.9. The fraction of sp³-hybridized carbons (Fsp3) is 0.391. The number of rotatable bonds is 8. The molecular formula is C23H30Br2OSi. The molecule has 0 saturated carbocycles. The summed E-state index contributed by atoms with van der Waals surface area (Å²) in [6.45, 7) is 9.22. The van der Waals surface area contributed by atoms with E-state index in [1.165, 1.54) is 10.4 Å². The van der Waals surface area contributed by atoms with Crippen molar-refractivity contribution >= 4 is 50.6 Å². The lowest BCUT2D eigenvalue weighted by atomic mass is 10.2. The first-order valence-corrected chi connectivity index (χ1v) is 13.1. The van der Waals surface area contributed by atoms with E-state index in [0.29, 0.717) is 0 Å². The first kappa shape index (κ1) is 22.6. The minimum atomic E-state index is -2.43. The molecule has 2 aromatic rings. The predicted molar refractivity (Wildman–Crippen MR) is 128 cm³/mol. The van der Waals surface area contributed by atoms with E-state index in [0.717, 1.165) is 22.7 Å². The van der Waals surface area contributed by atoms with Crippen molar-refractivity contribution in [3.63, 3.8) is 0 Å². The van der Waals surface area contributed by atoms with E-state index in [4.69, 9.17) is 4.43 Å². The van der Waals surface area contributed by atoms with Gasteiger partial charge in [-0.25, -0.2) is 0 Å². The maximum atomic E-state index is 7.08. The Labute approximate surface area is 182 Å². The van der Waals surface area contributed by atoms with Crippen LogP contribution in [-0.2, 0) is 4.43 Å². The third kappa shape index (κ3) is 5.90. The normalized spacial score (nSPS) is 13.3. The molecule has 0 aliphatic carbocycles. The minimum Gasteiger partial charge on any atom is -0.405 e. The van der Waals surface area contributed by atoms with E-state index in [1.807, 2.05) is 0 Å². The molecule has 2 rings (SSSR count). The highest BCUT2D eigenvalue weighted by Gasteiger charge is 2.50. The number of benzene rings is 2. The Hall–Kier alpha value is -0.683. The van der Waals surface area contributed by atoms with E-state index in [9.17, 15) is 0 Å². The van der Waals surface area contributed by atoms with Gasteiger partial charge in [-0.2, -0.15) is 0 Å². The average Bonchev–Trinajstić information content (AvgIpc) is 2.63. The zero-order valence-corrected chi connectivity index (χ0v) is 20.9. The van der Waals surface area contributed by atoms with Crippen molar-refractivity contribution in [1.29, 1.82) is 0 Å². The van der Waals surface area contributed by atoms with Gasteiger partial charge in [0.05, 0.1) is 3.39 Å². The van der Waals surface area contributed by atoms with E-state index in [2.05, 4.69) is 126 Å². The first-order chi connectivity index (χ1) is 12.8. The van der Waals surface area contributed by atoms with Crippen molar-refractivity contribution in [2.24, 2.45) is 0 Å². The van der Waals surface area contributed by atoms with Crippen molar-refractivity contribution in [1.82, 2.24) is 0 Å². The molecule has 0 radical (unpaired) electrons. The maximum absolute atomic E-state index is 7.08. The Morgan fingerprint density at radius 2 is 1.44 bits per heavy atom. The third-order valence-corrected chi connectivity index (χ3v) is 10.7. The number of halogens is 2. The Bertz CT molecular complexity index is 680. The molecule has 0 aliphatic rings. The van der Waals surface area contributed by atoms with Crippen molar-refractivity contribution in [2.75, 3.05) is 0 Å². The van der Waals surface area contributed by atoms with Gasteiger partial charge in [0.15, 0.2) is 0 Å². The number of hydrogen-bond donors (Lipinski definition) is 0. The van der Waals surface area contributed by atoms with Gasteiger partial charge in [-0.3, -0.25) is 0 Å². The fourth-order valence-corrected chi connectivity index (χ4v) is 8.86. The summed E-state index contributed by atoms with van der Waals surface area (Å²) >= 11 is 6.86. The molecule has 0 fully saturated rings. The van der Waals surface area contributed by atoms with Crippen LogP contribution in [0.2, 0.25) is 5.04 Å². The molecule has 146 valence electrons. The van der Waals surface area contributed by atoms with Crippen molar-refractivity contribution in [3.05, 3.63) is 70.1 Å². The van der Waals surface area contributed by atoms with Gasteiger partial charge in [-0.05, 0) is 73.5 Å². The fourth-order valence-electron chi connectivity index (χ4n) is 3.67. The van der Waals surface area contributed by atoms with Crippen molar-refractivity contribution in [2.45, 2.75) is 58.1 Å². The molecule has 27 heavy (non-hydrogen) atoms. The lowest BCUT2D eigenvalue weighted by Crippen LogP contribution is -2.67. The van der Waals surface area contributed by atoms with Gasteiger partial charge in [0.25, 0.3) is 8.32 Å². The van der Waals surface area contributed by atoms with E-state index in [-0.39, 0.29) is 11.1 Å². The summed E-state index contributed by atoms with van der Waals surface area (Å²) in [5, 5.41) is 2.72. The Balaban J connectivity index is 2.39. The smallest absolute Gasteiger partial charge is 0.261 e. The van der Waals surface area contributed by atoms with Crippen LogP contribution < -0.4 is 10.4 Å². The number of unbranched alkanes of at least 4 members (excludes halogenated alkanes) is 1. The second-order valence-electron chi connectivity index (χ2n) is 8.02. The topological polar surface area (TPSA) is 9.23 Å². The monoisotopic (exact) mass is 508 g/mol. The summed E-state index contributed by atoms with van der Waals surface area (Å²) in [7, 11) is -2.43. The van der Waals surface area contributed by atoms with Crippen LogP contribution in [-0.4, -0.2) is 14.4 Å². The maximum Gasteiger partial charge on any atom is 0.261 e. The first-order valence-electron chi connectivity index (χ1n) is 9.57. The van der Waals surface area contributed by atoms with Gasteiger partial charge < -0.3 is 4.43 Å². The van der Waals surface area contributed by atoms with E-state index >= 15 is 0 Å². The molecule has 1 atom stereocenters. The largest absolute Gasteiger partial charge is 0.405 e. The Kier molecular flexibility index (Phi) is 8.54. The molecule has 4 heteroatoms. The molecule has 2 aromatic carbocycles. The molecule has 0 aromatic heterocycles. The van der Waals surface area contributed by atoms with Crippen LogP contribution in [0.1, 0.15) is 47.0 Å². The molecule has 1 unspecified atom stereocenters. The molecule has 1 nitrogen and oxygen atoms in total. The van der Waals surface area contributed by atoms with Crippen molar-refractivity contribution < 1.29 is 4.43 Å². The molecule has 0 aliphatic heterocycles. The summed E-state index contributed by atoms with van der Waals surface area (Å²) in [6.07, 6.45) is 5.57. The van der Waals surface area contributed by atoms with Gasteiger partial charge >= 0.3 is 0 Å². The second kappa shape index (κ2) is 10.2. The minimum absolute atomic E-state index is 0.0305. The zero-order valence-electron chi connectivity index (χ0n) is 16.7. The van der Waals surface area contributed by atoms with E-state index in [1.54, 1.807) is 0 Å². The van der Waals surface area contributed by atoms with Crippen LogP contribution >= 0.6 is 31.9 Å². The summed E-state index contributed by atoms with van der Waals surface area (Å²) in [4.78, 5) is 0. The van der Waals surface area contributed by atoms with Crippen LogP contribution in [0.4, 0.5) is 0 Å². The van der Waals surface area contributed by atoms with Gasteiger partial charge in [-0.15, -0.1) is 0 Å². The second-order valence-corrected chi connectivity index (χ2v) is 15.0. The van der Waals surface area contributed by atoms with Crippen LogP contribution in [0.3, 0.4) is 0 Å². The third-order valence-electron chi connectivity index (χ3n) is 4.91.